The topological polar surface area (TPSA) is 55.5 Å². The van der Waals surface area contributed by atoms with Crippen molar-refractivity contribution in [2.24, 2.45) is 0 Å². The van der Waals surface area contributed by atoms with Crippen LogP contribution in [0.4, 0.5) is 10.1 Å². The number of rotatable bonds is 3. The van der Waals surface area contributed by atoms with Gasteiger partial charge < -0.3 is 15.6 Å². The van der Waals surface area contributed by atoms with Gasteiger partial charge in [0.05, 0.1) is 0 Å². The molecular weight excluding hydrogens is 221 g/mol. The summed E-state index contributed by atoms with van der Waals surface area (Å²) in [6.45, 7) is 0.0928. The van der Waals surface area contributed by atoms with Crippen molar-refractivity contribution < 1.29 is 14.2 Å². The maximum absolute atomic E-state index is 13.4. The first kappa shape index (κ1) is 11.3. The number of hydrogen-bond donors (Lipinski definition) is 2. The van der Waals surface area contributed by atoms with Crippen LogP contribution in [0, 0.1) is 5.82 Å². The van der Waals surface area contributed by atoms with E-state index in [2.05, 4.69) is 0 Å². The highest BCUT2D eigenvalue weighted by Gasteiger charge is 2.03. The van der Waals surface area contributed by atoms with E-state index in [-0.39, 0.29) is 12.4 Å². The van der Waals surface area contributed by atoms with E-state index in [1.54, 1.807) is 24.3 Å². The minimum absolute atomic E-state index is 0.0928. The number of hydrogen-bond acceptors (Lipinski definition) is 3. The zero-order valence-corrected chi connectivity index (χ0v) is 9.06. The molecule has 0 bridgehead atoms. The molecule has 2 aromatic carbocycles. The first-order valence-corrected chi connectivity index (χ1v) is 5.11. The normalized spacial score (nSPS) is 10.2. The molecule has 0 aliphatic carbocycles. The van der Waals surface area contributed by atoms with Gasteiger partial charge >= 0.3 is 0 Å². The number of phenolic OH excluding ortho intramolecular Hbond substituents is 1. The third kappa shape index (κ3) is 2.87. The number of ether oxygens (including phenoxy) is 1. The van der Waals surface area contributed by atoms with Crippen LogP contribution in [-0.2, 0) is 6.61 Å². The van der Waals surface area contributed by atoms with E-state index in [1.165, 1.54) is 18.2 Å². The van der Waals surface area contributed by atoms with Gasteiger partial charge in [-0.2, -0.15) is 0 Å². The Hall–Kier alpha value is -2.23. The Bertz CT molecular complexity index is 529. The Morgan fingerprint density at radius 2 is 2.00 bits per heavy atom. The average Bonchev–Trinajstić information content (AvgIpc) is 2.28. The summed E-state index contributed by atoms with van der Waals surface area (Å²) in [6, 6.07) is 10.8. The molecular formula is C13H12FNO2. The summed E-state index contributed by atoms with van der Waals surface area (Å²) >= 11 is 0. The Morgan fingerprint density at radius 1 is 1.18 bits per heavy atom. The van der Waals surface area contributed by atoms with Gasteiger partial charge in [-0.25, -0.2) is 4.39 Å². The first-order chi connectivity index (χ1) is 8.15. The molecule has 0 aliphatic heterocycles. The second kappa shape index (κ2) is 4.74. The highest BCUT2D eigenvalue weighted by Crippen LogP contribution is 2.20. The molecule has 2 rings (SSSR count). The Labute approximate surface area is 98.3 Å². The van der Waals surface area contributed by atoms with Crippen LogP contribution in [0.3, 0.4) is 0 Å². The van der Waals surface area contributed by atoms with Crippen LogP contribution >= 0.6 is 0 Å². The predicted molar refractivity (Wildman–Crippen MR) is 63.3 cm³/mol. The van der Waals surface area contributed by atoms with Crippen LogP contribution in [0.15, 0.2) is 42.5 Å². The van der Waals surface area contributed by atoms with E-state index in [1.807, 2.05) is 0 Å². The van der Waals surface area contributed by atoms with Gasteiger partial charge in [-0.1, -0.05) is 12.1 Å². The van der Waals surface area contributed by atoms with Gasteiger partial charge in [0.2, 0.25) is 0 Å². The second-order valence-corrected chi connectivity index (χ2v) is 3.64. The van der Waals surface area contributed by atoms with Crippen LogP contribution in [0.5, 0.6) is 11.5 Å². The Balaban J connectivity index is 2.07. The third-order valence-corrected chi connectivity index (χ3v) is 2.29. The number of anilines is 1. The van der Waals surface area contributed by atoms with Gasteiger partial charge in [0, 0.05) is 17.3 Å². The van der Waals surface area contributed by atoms with Crippen molar-refractivity contribution in [3.63, 3.8) is 0 Å². The molecule has 4 heteroatoms. The number of aromatic hydroxyl groups is 1. The Kier molecular flexibility index (Phi) is 3.14. The number of halogens is 1. The molecule has 0 saturated heterocycles. The molecule has 0 amide bonds. The lowest BCUT2D eigenvalue weighted by molar-refractivity contribution is 0.298. The average molecular weight is 233 g/mol. The summed E-state index contributed by atoms with van der Waals surface area (Å²) in [7, 11) is 0. The van der Waals surface area contributed by atoms with E-state index in [4.69, 9.17) is 10.5 Å². The fourth-order valence-electron chi connectivity index (χ4n) is 1.42. The van der Waals surface area contributed by atoms with Gasteiger partial charge in [0.15, 0.2) is 0 Å². The van der Waals surface area contributed by atoms with Gasteiger partial charge in [-0.3, -0.25) is 0 Å². The molecule has 0 spiro atoms. The molecule has 2 aromatic rings. The van der Waals surface area contributed by atoms with Crippen LogP contribution in [0.2, 0.25) is 0 Å². The molecule has 88 valence electrons. The van der Waals surface area contributed by atoms with Crippen molar-refractivity contribution in [3.05, 3.63) is 53.8 Å². The van der Waals surface area contributed by atoms with Crippen LogP contribution in [0.25, 0.3) is 0 Å². The van der Waals surface area contributed by atoms with E-state index in [0.717, 1.165) is 0 Å². The molecule has 17 heavy (non-hydrogen) atoms. The smallest absolute Gasteiger partial charge is 0.131 e. The first-order valence-electron chi connectivity index (χ1n) is 5.11. The van der Waals surface area contributed by atoms with Crippen molar-refractivity contribution in [2.75, 3.05) is 5.73 Å². The van der Waals surface area contributed by atoms with E-state index < -0.39 is 5.82 Å². The zero-order chi connectivity index (χ0) is 12.3. The molecule has 0 aromatic heterocycles. The number of nitrogen functional groups attached to an aromatic ring is 1. The van der Waals surface area contributed by atoms with Crippen molar-refractivity contribution >= 4 is 5.69 Å². The molecule has 0 radical (unpaired) electrons. The highest BCUT2D eigenvalue weighted by molar-refractivity contribution is 5.40. The summed E-state index contributed by atoms with van der Waals surface area (Å²) in [5.41, 5.74) is 6.24. The maximum Gasteiger partial charge on any atom is 0.131 e. The van der Waals surface area contributed by atoms with Crippen molar-refractivity contribution in [1.82, 2.24) is 0 Å². The fraction of sp³-hybridized carbons (Fsp3) is 0.0769. The van der Waals surface area contributed by atoms with Gasteiger partial charge in [-0.05, 0) is 24.3 Å². The minimum Gasteiger partial charge on any atom is -0.508 e. The number of nitrogens with two attached hydrogens (primary N) is 1. The summed E-state index contributed by atoms with van der Waals surface area (Å²) in [6.07, 6.45) is 0. The van der Waals surface area contributed by atoms with Gasteiger partial charge in [0.25, 0.3) is 0 Å². The Morgan fingerprint density at radius 3 is 2.71 bits per heavy atom. The summed E-state index contributed by atoms with van der Waals surface area (Å²) < 4.78 is 18.8. The highest BCUT2D eigenvalue weighted by atomic mass is 19.1. The van der Waals surface area contributed by atoms with Crippen LogP contribution in [0.1, 0.15) is 5.56 Å². The maximum atomic E-state index is 13.4. The van der Waals surface area contributed by atoms with Crippen molar-refractivity contribution in [1.29, 1.82) is 0 Å². The lowest BCUT2D eigenvalue weighted by Crippen LogP contribution is -1.99. The van der Waals surface area contributed by atoms with E-state index >= 15 is 0 Å². The molecule has 0 unspecified atom stereocenters. The van der Waals surface area contributed by atoms with Crippen molar-refractivity contribution in [2.45, 2.75) is 6.61 Å². The van der Waals surface area contributed by atoms with E-state index in [9.17, 15) is 9.50 Å². The van der Waals surface area contributed by atoms with Crippen LogP contribution in [-0.4, -0.2) is 5.11 Å². The standard InChI is InChI=1S/C13H12FNO2/c14-13-6-10(15)5-4-9(13)8-17-12-3-1-2-11(16)7-12/h1-7,16H,8,15H2. The predicted octanol–water partition coefficient (Wildman–Crippen LogP) is 2.69. The number of phenols is 1. The lowest BCUT2D eigenvalue weighted by atomic mass is 10.2. The largest absolute Gasteiger partial charge is 0.508 e. The third-order valence-electron chi connectivity index (χ3n) is 2.29. The molecule has 0 aliphatic rings. The number of benzene rings is 2. The lowest BCUT2D eigenvalue weighted by Gasteiger charge is -2.07. The molecule has 3 nitrogen and oxygen atoms in total. The summed E-state index contributed by atoms with van der Waals surface area (Å²) in [4.78, 5) is 0. The SMILES string of the molecule is Nc1ccc(COc2cccc(O)c2)c(F)c1. The van der Waals surface area contributed by atoms with Gasteiger partial charge in [0.1, 0.15) is 23.9 Å². The molecule has 0 fully saturated rings. The molecule has 0 saturated carbocycles. The molecule has 3 N–H and O–H groups in total. The second-order valence-electron chi connectivity index (χ2n) is 3.64. The summed E-state index contributed by atoms with van der Waals surface area (Å²) in [5, 5.41) is 9.23. The van der Waals surface area contributed by atoms with E-state index in [0.29, 0.717) is 17.0 Å². The monoisotopic (exact) mass is 233 g/mol. The minimum atomic E-state index is -0.398. The quantitative estimate of drug-likeness (QED) is 0.801. The zero-order valence-electron chi connectivity index (χ0n) is 9.06. The van der Waals surface area contributed by atoms with Crippen LogP contribution < -0.4 is 10.5 Å². The molecule has 0 heterocycles. The summed E-state index contributed by atoms with van der Waals surface area (Å²) in [5.74, 6) is 0.201. The van der Waals surface area contributed by atoms with Gasteiger partial charge in [-0.15, -0.1) is 0 Å². The fourth-order valence-corrected chi connectivity index (χ4v) is 1.42. The molecule has 0 atom stereocenters. The van der Waals surface area contributed by atoms with Crippen molar-refractivity contribution in [3.8, 4) is 11.5 Å².